The van der Waals surface area contributed by atoms with E-state index in [-0.39, 0.29) is 0 Å². The number of aryl methyl sites for hydroxylation is 1. The van der Waals surface area contributed by atoms with Crippen LogP contribution >= 0.6 is 23.1 Å². The standard InChI is InChI=1S/C10H18N2S2/c1-9-10(14-8-12-9)7-11-5-3-4-6-13-2/h8,11H,3-7H2,1-2H3. The lowest BCUT2D eigenvalue weighted by molar-refractivity contribution is 0.646. The van der Waals surface area contributed by atoms with E-state index in [0.29, 0.717) is 0 Å². The largest absolute Gasteiger partial charge is 0.312 e. The van der Waals surface area contributed by atoms with Gasteiger partial charge in [-0.3, -0.25) is 0 Å². The van der Waals surface area contributed by atoms with Crippen LogP contribution in [0.1, 0.15) is 23.4 Å². The van der Waals surface area contributed by atoms with Crippen LogP contribution in [0.25, 0.3) is 0 Å². The van der Waals surface area contributed by atoms with Gasteiger partial charge in [0.1, 0.15) is 0 Å². The smallest absolute Gasteiger partial charge is 0.0798 e. The van der Waals surface area contributed by atoms with Gasteiger partial charge in [-0.2, -0.15) is 11.8 Å². The molecule has 14 heavy (non-hydrogen) atoms. The summed E-state index contributed by atoms with van der Waals surface area (Å²) in [7, 11) is 0. The predicted octanol–water partition coefficient (Wildman–Crippen LogP) is 2.68. The van der Waals surface area contributed by atoms with Gasteiger partial charge in [0.2, 0.25) is 0 Å². The first kappa shape index (κ1) is 12.0. The molecule has 0 aliphatic carbocycles. The zero-order valence-corrected chi connectivity index (χ0v) is 10.5. The molecule has 0 bridgehead atoms. The first-order chi connectivity index (χ1) is 6.84. The van der Waals surface area contributed by atoms with E-state index in [1.165, 1.54) is 29.2 Å². The molecule has 0 aromatic carbocycles. The zero-order valence-electron chi connectivity index (χ0n) is 8.88. The van der Waals surface area contributed by atoms with Gasteiger partial charge < -0.3 is 5.32 Å². The Labute approximate surface area is 94.5 Å². The Hall–Kier alpha value is -0.0600. The minimum absolute atomic E-state index is 0.982. The third-order valence-electron chi connectivity index (χ3n) is 2.08. The summed E-state index contributed by atoms with van der Waals surface area (Å²) in [5, 5.41) is 3.45. The number of nitrogens with zero attached hydrogens (tertiary/aromatic N) is 1. The molecule has 1 heterocycles. The Bertz CT molecular complexity index is 248. The average Bonchev–Trinajstić information content (AvgIpc) is 2.58. The molecule has 1 rings (SSSR count). The molecule has 1 aromatic heterocycles. The number of unbranched alkanes of at least 4 members (excludes halogenated alkanes) is 1. The zero-order chi connectivity index (χ0) is 10.2. The third kappa shape index (κ3) is 4.44. The first-order valence-electron chi connectivity index (χ1n) is 4.93. The van der Waals surface area contributed by atoms with Crippen molar-refractivity contribution in [1.29, 1.82) is 0 Å². The summed E-state index contributed by atoms with van der Waals surface area (Å²) < 4.78 is 0. The molecule has 4 heteroatoms. The maximum Gasteiger partial charge on any atom is 0.0798 e. The van der Waals surface area contributed by atoms with Crippen LogP contribution in [0.3, 0.4) is 0 Å². The van der Waals surface area contributed by atoms with Crippen molar-refractivity contribution in [3.8, 4) is 0 Å². The van der Waals surface area contributed by atoms with Gasteiger partial charge in [-0.25, -0.2) is 4.98 Å². The summed E-state index contributed by atoms with van der Waals surface area (Å²) >= 11 is 3.66. The molecule has 0 aliphatic heterocycles. The lowest BCUT2D eigenvalue weighted by Crippen LogP contribution is -2.14. The van der Waals surface area contributed by atoms with Crippen molar-refractivity contribution in [3.05, 3.63) is 16.1 Å². The number of thiazole rings is 1. The molecule has 0 unspecified atom stereocenters. The van der Waals surface area contributed by atoms with Gasteiger partial charge in [-0.1, -0.05) is 0 Å². The van der Waals surface area contributed by atoms with Gasteiger partial charge in [0.25, 0.3) is 0 Å². The molecular formula is C10H18N2S2. The number of hydrogen-bond acceptors (Lipinski definition) is 4. The summed E-state index contributed by atoms with van der Waals surface area (Å²) in [5.41, 5.74) is 3.09. The van der Waals surface area contributed by atoms with E-state index in [2.05, 4.69) is 23.5 Å². The average molecular weight is 230 g/mol. The van der Waals surface area contributed by atoms with E-state index in [0.717, 1.165) is 13.1 Å². The second-order valence-electron chi connectivity index (χ2n) is 3.24. The van der Waals surface area contributed by atoms with Crippen LogP contribution < -0.4 is 5.32 Å². The Morgan fingerprint density at radius 1 is 1.50 bits per heavy atom. The topological polar surface area (TPSA) is 24.9 Å². The molecule has 1 aromatic rings. The molecule has 0 spiro atoms. The molecule has 0 fully saturated rings. The molecule has 1 N–H and O–H groups in total. The molecule has 0 saturated carbocycles. The van der Waals surface area contributed by atoms with E-state index in [4.69, 9.17) is 0 Å². The molecule has 2 nitrogen and oxygen atoms in total. The second kappa shape index (κ2) is 7.26. The highest BCUT2D eigenvalue weighted by atomic mass is 32.2. The Morgan fingerprint density at radius 2 is 2.36 bits per heavy atom. The van der Waals surface area contributed by atoms with Crippen molar-refractivity contribution >= 4 is 23.1 Å². The van der Waals surface area contributed by atoms with Gasteiger partial charge in [-0.15, -0.1) is 11.3 Å². The number of rotatable bonds is 7. The van der Waals surface area contributed by atoms with Crippen LogP contribution in [0.5, 0.6) is 0 Å². The van der Waals surface area contributed by atoms with Crippen LogP contribution in [0.4, 0.5) is 0 Å². The summed E-state index contributed by atoms with van der Waals surface area (Å²) in [4.78, 5) is 5.59. The van der Waals surface area contributed by atoms with Crippen LogP contribution in [0, 0.1) is 6.92 Å². The van der Waals surface area contributed by atoms with E-state index < -0.39 is 0 Å². The van der Waals surface area contributed by atoms with Crippen molar-refractivity contribution in [3.63, 3.8) is 0 Å². The van der Waals surface area contributed by atoms with Gasteiger partial charge in [0.15, 0.2) is 0 Å². The van der Waals surface area contributed by atoms with Gasteiger partial charge >= 0.3 is 0 Å². The monoisotopic (exact) mass is 230 g/mol. The fourth-order valence-corrected chi connectivity index (χ4v) is 2.43. The fourth-order valence-electron chi connectivity index (χ4n) is 1.19. The van der Waals surface area contributed by atoms with Crippen molar-refractivity contribution in [1.82, 2.24) is 10.3 Å². The number of thioether (sulfide) groups is 1. The van der Waals surface area contributed by atoms with Crippen LogP contribution in [-0.4, -0.2) is 23.5 Å². The summed E-state index contributed by atoms with van der Waals surface area (Å²) in [6.45, 7) is 4.18. The van der Waals surface area contributed by atoms with Crippen molar-refractivity contribution in [2.75, 3.05) is 18.6 Å². The van der Waals surface area contributed by atoms with Crippen molar-refractivity contribution in [2.45, 2.75) is 26.3 Å². The quantitative estimate of drug-likeness (QED) is 0.729. The maximum absolute atomic E-state index is 4.22. The van der Waals surface area contributed by atoms with E-state index in [1.54, 1.807) is 11.3 Å². The molecule has 0 aliphatic rings. The van der Waals surface area contributed by atoms with Crippen LogP contribution in [0.2, 0.25) is 0 Å². The van der Waals surface area contributed by atoms with Crippen molar-refractivity contribution < 1.29 is 0 Å². The van der Waals surface area contributed by atoms with Crippen LogP contribution in [0.15, 0.2) is 5.51 Å². The highest BCUT2D eigenvalue weighted by molar-refractivity contribution is 7.98. The molecule has 0 radical (unpaired) electrons. The number of nitrogens with one attached hydrogen (secondary N) is 1. The summed E-state index contributed by atoms with van der Waals surface area (Å²) in [5.74, 6) is 1.28. The van der Waals surface area contributed by atoms with E-state index in [1.807, 2.05) is 17.3 Å². The van der Waals surface area contributed by atoms with E-state index in [9.17, 15) is 0 Å². The Morgan fingerprint density at radius 3 is 3.00 bits per heavy atom. The molecule has 0 amide bonds. The summed E-state index contributed by atoms with van der Waals surface area (Å²) in [6, 6.07) is 0. The van der Waals surface area contributed by atoms with E-state index >= 15 is 0 Å². The fraction of sp³-hybridized carbons (Fsp3) is 0.700. The maximum atomic E-state index is 4.22. The first-order valence-corrected chi connectivity index (χ1v) is 7.20. The highest BCUT2D eigenvalue weighted by Gasteiger charge is 1.99. The molecular weight excluding hydrogens is 212 g/mol. The lowest BCUT2D eigenvalue weighted by atomic mass is 10.3. The van der Waals surface area contributed by atoms with Crippen molar-refractivity contribution in [2.24, 2.45) is 0 Å². The lowest BCUT2D eigenvalue weighted by Gasteiger charge is -2.02. The minimum Gasteiger partial charge on any atom is -0.312 e. The number of hydrogen-bond donors (Lipinski definition) is 1. The summed E-state index contributed by atoms with van der Waals surface area (Å²) in [6.07, 6.45) is 4.75. The third-order valence-corrected chi connectivity index (χ3v) is 3.71. The van der Waals surface area contributed by atoms with Gasteiger partial charge in [-0.05, 0) is 38.3 Å². The van der Waals surface area contributed by atoms with Gasteiger partial charge in [0, 0.05) is 11.4 Å². The Balaban J connectivity index is 2.02. The molecule has 0 saturated heterocycles. The SMILES string of the molecule is CSCCCCNCc1scnc1C. The predicted molar refractivity (Wildman–Crippen MR) is 66.2 cm³/mol. The molecule has 0 atom stereocenters. The van der Waals surface area contributed by atoms with Gasteiger partial charge in [0.05, 0.1) is 11.2 Å². The molecule has 80 valence electrons. The highest BCUT2D eigenvalue weighted by Crippen LogP contribution is 2.11. The number of aromatic nitrogens is 1. The van der Waals surface area contributed by atoms with Crippen LogP contribution in [-0.2, 0) is 6.54 Å². The second-order valence-corrected chi connectivity index (χ2v) is 5.16. The Kier molecular flexibility index (Phi) is 6.23. The minimum atomic E-state index is 0.982. The normalized spacial score (nSPS) is 10.7.